The second kappa shape index (κ2) is 9.63. The minimum absolute atomic E-state index is 0.00391. The molecule has 0 unspecified atom stereocenters. The fourth-order valence-corrected chi connectivity index (χ4v) is 3.54. The second-order valence-corrected chi connectivity index (χ2v) is 7.95. The molecule has 1 heterocycles. The number of halogens is 1. The molecule has 27 heavy (non-hydrogen) atoms. The highest BCUT2D eigenvalue weighted by Crippen LogP contribution is 2.14. The van der Waals surface area contributed by atoms with Gasteiger partial charge in [0.1, 0.15) is 5.69 Å². The zero-order chi connectivity index (χ0) is 19.9. The summed E-state index contributed by atoms with van der Waals surface area (Å²) in [5.74, 6) is -0.484. The predicted molar refractivity (Wildman–Crippen MR) is 102 cm³/mol. The van der Waals surface area contributed by atoms with E-state index in [-0.39, 0.29) is 29.2 Å². The summed E-state index contributed by atoms with van der Waals surface area (Å²) in [7, 11) is -3.71. The van der Waals surface area contributed by atoms with Crippen LogP contribution >= 0.6 is 11.6 Å². The predicted octanol–water partition coefficient (Wildman–Crippen LogP) is 1.41. The van der Waals surface area contributed by atoms with Crippen LogP contribution in [0.15, 0.2) is 46.1 Å². The minimum atomic E-state index is -3.71. The number of unbranched alkanes of at least 4 members (excludes halogenated alkanes) is 1. The van der Waals surface area contributed by atoms with Gasteiger partial charge in [-0.25, -0.2) is 17.8 Å². The zero-order valence-corrected chi connectivity index (χ0v) is 16.4. The highest BCUT2D eigenvalue weighted by Gasteiger charge is 2.14. The van der Waals surface area contributed by atoms with E-state index < -0.39 is 15.9 Å². The summed E-state index contributed by atoms with van der Waals surface area (Å²) >= 11 is 5.80. The first-order chi connectivity index (χ1) is 12.8. The molecule has 0 aliphatic rings. The summed E-state index contributed by atoms with van der Waals surface area (Å²) < 4.78 is 27.9. The summed E-state index contributed by atoms with van der Waals surface area (Å²) in [5.41, 5.74) is -0.169. The number of nitrogens with one attached hydrogen (secondary N) is 2. The maximum Gasteiger partial charge on any atom is 0.271 e. The highest BCUT2D eigenvalue weighted by molar-refractivity contribution is 7.89. The molecule has 0 atom stereocenters. The fraction of sp³-hybridized carbons (Fsp3) is 0.353. The van der Waals surface area contributed by atoms with Crippen molar-refractivity contribution in [3.05, 3.63) is 57.5 Å². The van der Waals surface area contributed by atoms with Crippen molar-refractivity contribution >= 4 is 27.5 Å². The van der Waals surface area contributed by atoms with Crippen LogP contribution in [0.3, 0.4) is 0 Å². The molecule has 1 aromatic heterocycles. The Morgan fingerprint density at radius 3 is 2.70 bits per heavy atom. The van der Waals surface area contributed by atoms with Crippen LogP contribution < -0.4 is 15.6 Å². The van der Waals surface area contributed by atoms with E-state index in [4.69, 9.17) is 11.6 Å². The third-order valence-electron chi connectivity index (χ3n) is 3.63. The van der Waals surface area contributed by atoms with E-state index in [2.05, 4.69) is 15.1 Å². The van der Waals surface area contributed by atoms with Crippen molar-refractivity contribution in [2.75, 3.05) is 13.1 Å². The summed E-state index contributed by atoms with van der Waals surface area (Å²) in [6.45, 7) is 2.49. The monoisotopic (exact) mass is 412 g/mol. The largest absolute Gasteiger partial charge is 0.349 e. The van der Waals surface area contributed by atoms with Crippen molar-refractivity contribution in [1.29, 1.82) is 0 Å². The van der Waals surface area contributed by atoms with Crippen molar-refractivity contribution in [2.24, 2.45) is 0 Å². The number of hydrogen-bond donors (Lipinski definition) is 2. The normalized spacial score (nSPS) is 11.3. The van der Waals surface area contributed by atoms with Crippen LogP contribution in [-0.2, 0) is 16.6 Å². The Kier molecular flexibility index (Phi) is 7.52. The molecule has 0 bridgehead atoms. The van der Waals surface area contributed by atoms with Gasteiger partial charge in [-0.2, -0.15) is 5.10 Å². The Morgan fingerprint density at radius 1 is 1.22 bits per heavy atom. The Bertz CT molecular complexity index is 959. The van der Waals surface area contributed by atoms with Gasteiger partial charge in [0, 0.05) is 30.7 Å². The lowest BCUT2D eigenvalue weighted by Crippen LogP contribution is -2.36. The number of nitrogens with zero attached hydrogens (tertiary/aromatic N) is 2. The molecule has 146 valence electrons. The summed E-state index contributed by atoms with van der Waals surface area (Å²) in [5, 5.41) is 6.92. The van der Waals surface area contributed by atoms with Crippen molar-refractivity contribution in [3.8, 4) is 0 Å². The maximum absolute atomic E-state index is 12.1. The van der Waals surface area contributed by atoms with Crippen LogP contribution in [0.1, 0.15) is 30.3 Å². The Labute approximate surface area is 162 Å². The lowest BCUT2D eigenvalue weighted by molar-refractivity contribution is 0.0946. The molecule has 0 aliphatic carbocycles. The smallest absolute Gasteiger partial charge is 0.271 e. The third-order valence-corrected chi connectivity index (χ3v) is 5.33. The minimum Gasteiger partial charge on any atom is -0.349 e. The Morgan fingerprint density at radius 2 is 2.00 bits per heavy atom. The van der Waals surface area contributed by atoms with Gasteiger partial charge < -0.3 is 5.32 Å². The average Bonchev–Trinajstić information content (AvgIpc) is 2.64. The topological polar surface area (TPSA) is 110 Å². The van der Waals surface area contributed by atoms with Crippen LogP contribution in [-0.4, -0.2) is 37.2 Å². The molecule has 2 aromatic rings. The van der Waals surface area contributed by atoms with E-state index in [1.54, 1.807) is 6.07 Å². The Hall–Kier alpha value is -2.23. The number of aromatic nitrogens is 2. The van der Waals surface area contributed by atoms with Gasteiger partial charge in [0.15, 0.2) is 0 Å². The van der Waals surface area contributed by atoms with Crippen LogP contribution in [0.25, 0.3) is 0 Å². The average molecular weight is 413 g/mol. The first-order valence-corrected chi connectivity index (χ1v) is 10.3. The summed E-state index contributed by atoms with van der Waals surface area (Å²) in [4.78, 5) is 23.9. The quantitative estimate of drug-likeness (QED) is 0.605. The van der Waals surface area contributed by atoms with Crippen LogP contribution in [0.4, 0.5) is 0 Å². The van der Waals surface area contributed by atoms with Gasteiger partial charge in [0.05, 0.1) is 4.90 Å². The van der Waals surface area contributed by atoms with Gasteiger partial charge in [0.2, 0.25) is 10.0 Å². The first-order valence-electron chi connectivity index (χ1n) is 8.45. The molecule has 1 aromatic carbocycles. The highest BCUT2D eigenvalue weighted by atomic mass is 35.5. The van der Waals surface area contributed by atoms with E-state index >= 15 is 0 Å². The van der Waals surface area contributed by atoms with Crippen molar-refractivity contribution < 1.29 is 13.2 Å². The Balaban J connectivity index is 1.90. The van der Waals surface area contributed by atoms with Gasteiger partial charge in [-0.1, -0.05) is 31.0 Å². The van der Waals surface area contributed by atoms with Gasteiger partial charge in [-0.15, -0.1) is 0 Å². The molecule has 0 saturated carbocycles. The fourth-order valence-electron chi connectivity index (χ4n) is 2.21. The number of sulfonamides is 1. The zero-order valence-electron chi connectivity index (χ0n) is 14.8. The molecule has 2 N–H and O–H groups in total. The molecule has 2 rings (SSSR count). The molecule has 1 amide bonds. The molecular formula is C17H21ClN4O4S. The lowest BCUT2D eigenvalue weighted by atomic mass is 10.3. The van der Waals surface area contributed by atoms with E-state index in [0.29, 0.717) is 11.6 Å². The number of amides is 1. The summed E-state index contributed by atoms with van der Waals surface area (Å²) in [6.07, 6.45) is 1.68. The van der Waals surface area contributed by atoms with Gasteiger partial charge in [0.25, 0.3) is 11.5 Å². The number of rotatable bonds is 9. The van der Waals surface area contributed by atoms with Crippen molar-refractivity contribution in [3.63, 3.8) is 0 Å². The third kappa shape index (κ3) is 6.16. The van der Waals surface area contributed by atoms with Crippen LogP contribution in [0.2, 0.25) is 5.02 Å². The van der Waals surface area contributed by atoms with E-state index in [0.717, 1.165) is 12.8 Å². The number of hydrogen-bond acceptors (Lipinski definition) is 5. The first kappa shape index (κ1) is 21.1. The molecule has 10 heteroatoms. The molecule has 0 aliphatic heterocycles. The van der Waals surface area contributed by atoms with Gasteiger partial charge in [-0.3, -0.25) is 9.59 Å². The molecule has 0 radical (unpaired) electrons. The van der Waals surface area contributed by atoms with Crippen LogP contribution in [0.5, 0.6) is 0 Å². The van der Waals surface area contributed by atoms with Crippen molar-refractivity contribution in [2.45, 2.75) is 31.2 Å². The van der Waals surface area contributed by atoms with E-state index in [1.807, 2.05) is 6.92 Å². The van der Waals surface area contributed by atoms with E-state index in [9.17, 15) is 18.0 Å². The number of carbonyl (C=O) groups is 1. The van der Waals surface area contributed by atoms with Crippen LogP contribution in [0, 0.1) is 0 Å². The maximum atomic E-state index is 12.1. The summed E-state index contributed by atoms with van der Waals surface area (Å²) in [6, 6.07) is 8.52. The molecule has 0 saturated heterocycles. The van der Waals surface area contributed by atoms with E-state index in [1.165, 1.54) is 35.0 Å². The van der Waals surface area contributed by atoms with Gasteiger partial charge >= 0.3 is 0 Å². The molecule has 0 fully saturated rings. The molecule has 8 nitrogen and oxygen atoms in total. The SMILES string of the molecule is CCCCn1nc(C(=O)NCCNS(=O)(=O)c2cccc(Cl)c2)ccc1=O. The van der Waals surface area contributed by atoms with Crippen molar-refractivity contribution in [1.82, 2.24) is 19.8 Å². The molecular weight excluding hydrogens is 392 g/mol. The second-order valence-electron chi connectivity index (χ2n) is 5.74. The molecule has 0 spiro atoms. The number of carbonyl (C=O) groups excluding carboxylic acids is 1. The number of benzene rings is 1. The lowest BCUT2D eigenvalue weighted by Gasteiger charge is -2.09. The number of aryl methyl sites for hydroxylation is 1. The van der Waals surface area contributed by atoms with Gasteiger partial charge in [-0.05, 0) is 30.7 Å². The standard InChI is InChI=1S/C17H21ClN4O4S/c1-2-3-11-22-16(23)8-7-15(21-22)17(24)19-9-10-20-27(25,26)14-6-4-5-13(18)12-14/h4-8,12,20H,2-3,9-11H2,1H3,(H,19,24).